The number of methoxy groups -OCH3 is 1. The van der Waals surface area contributed by atoms with Gasteiger partial charge in [0.25, 0.3) is 0 Å². The van der Waals surface area contributed by atoms with Crippen LogP contribution in [0.3, 0.4) is 0 Å². The molecule has 1 rings (SSSR count). The molecular formula is C12H16BrFN2O2. The van der Waals surface area contributed by atoms with E-state index < -0.39 is 0 Å². The van der Waals surface area contributed by atoms with E-state index in [9.17, 15) is 9.18 Å². The number of rotatable bonds is 7. The third-order valence-corrected chi connectivity index (χ3v) is 2.89. The van der Waals surface area contributed by atoms with Crippen LogP contribution in [0.5, 0.6) is 0 Å². The Bertz CT molecular complexity index is 402. The summed E-state index contributed by atoms with van der Waals surface area (Å²) in [6, 6.07) is 4.77. The van der Waals surface area contributed by atoms with Crippen LogP contribution in [0.1, 0.15) is 5.56 Å². The van der Waals surface area contributed by atoms with Crippen LogP contribution < -0.4 is 10.6 Å². The van der Waals surface area contributed by atoms with Crippen molar-refractivity contribution in [2.45, 2.75) is 6.54 Å². The average molecular weight is 319 g/mol. The summed E-state index contributed by atoms with van der Waals surface area (Å²) in [5.41, 5.74) is 0.723. The predicted molar refractivity (Wildman–Crippen MR) is 70.7 cm³/mol. The van der Waals surface area contributed by atoms with E-state index in [-0.39, 0.29) is 18.3 Å². The fourth-order valence-electron chi connectivity index (χ4n) is 1.29. The smallest absolute Gasteiger partial charge is 0.234 e. The molecule has 0 heterocycles. The molecule has 0 aliphatic heterocycles. The summed E-state index contributed by atoms with van der Waals surface area (Å²) in [6.07, 6.45) is 0. The summed E-state index contributed by atoms with van der Waals surface area (Å²) in [5.74, 6) is -0.464. The third-order valence-electron chi connectivity index (χ3n) is 2.24. The minimum absolute atomic E-state index is 0.130. The summed E-state index contributed by atoms with van der Waals surface area (Å²) in [5, 5.41) is 5.62. The van der Waals surface area contributed by atoms with Crippen molar-refractivity contribution in [3.05, 3.63) is 34.1 Å². The molecule has 100 valence electrons. The molecule has 0 unspecified atom stereocenters. The molecule has 18 heavy (non-hydrogen) atoms. The van der Waals surface area contributed by atoms with Gasteiger partial charge in [-0.05, 0) is 33.6 Å². The second kappa shape index (κ2) is 8.18. The molecule has 1 amide bonds. The molecule has 6 heteroatoms. The highest BCUT2D eigenvalue weighted by atomic mass is 79.9. The molecule has 0 saturated heterocycles. The van der Waals surface area contributed by atoms with Gasteiger partial charge in [-0.1, -0.05) is 6.07 Å². The molecular weight excluding hydrogens is 303 g/mol. The van der Waals surface area contributed by atoms with E-state index in [1.54, 1.807) is 19.2 Å². The first-order valence-electron chi connectivity index (χ1n) is 5.53. The van der Waals surface area contributed by atoms with Crippen molar-refractivity contribution < 1.29 is 13.9 Å². The van der Waals surface area contributed by atoms with Crippen LogP contribution in [0, 0.1) is 5.82 Å². The van der Waals surface area contributed by atoms with Crippen molar-refractivity contribution in [2.75, 3.05) is 26.8 Å². The van der Waals surface area contributed by atoms with Gasteiger partial charge in [-0.3, -0.25) is 4.79 Å². The lowest BCUT2D eigenvalue weighted by atomic mass is 10.2. The highest BCUT2D eigenvalue weighted by molar-refractivity contribution is 9.10. The van der Waals surface area contributed by atoms with Gasteiger partial charge in [-0.2, -0.15) is 0 Å². The first kappa shape index (κ1) is 15.1. The molecule has 0 spiro atoms. The zero-order valence-corrected chi connectivity index (χ0v) is 11.7. The van der Waals surface area contributed by atoms with E-state index in [1.807, 2.05) is 0 Å². The molecule has 0 aromatic heterocycles. The maximum Gasteiger partial charge on any atom is 0.234 e. The number of carbonyl (C=O) groups excluding carboxylic acids is 1. The number of hydrogen-bond donors (Lipinski definition) is 2. The Morgan fingerprint density at radius 1 is 1.50 bits per heavy atom. The van der Waals surface area contributed by atoms with Gasteiger partial charge < -0.3 is 15.4 Å². The van der Waals surface area contributed by atoms with Crippen LogP contribution in [0.15, 0.2) is 22.7 Å². The monoisotopic (exact) mass is 318 g/mol. The molecule has 0 radical (unpaired) electrons. The highest BCUT2D eigenvalue weighted by Gasteiger charge is 2.03. The van der Waals surface area contributed by atoms with E-state index in [4.69, 9.17) is 4.74 Å². The third kappa shape index (κ3) is 5.57. The van der Waals surface area contributed by atoms with Crippen LogP contribution in [-0.2, 0) is 16.1 Å². The standard InChI is InChI=1S/C12H16BrFN2O2/c1-18-5-4-15-8-12(17)16-7-9-2-3-10(13)11(14)6-9/h2-3,6,15H,4-5,7-8H2,1H3,(H,16,17). The lowest BCUT2D eigenvalue weighted by Gasteiger charge is -2.07. The number of nitrogens with one attached hydrogen (secondary N) is 2. The Balaban J connectivity index is 2.27. The van der Waals surface area contributed by atoms with Crippen molar-refractivity contribution in [1.82, 2.24) is 10.6 Å². The SMILES string of the molecule is COCCNCC(=O)NCc1ccc(Br)c(F)c1. The van der Waals surface area contributed by atoms with Gasteiger partial charge in [-0.25, -0.2) is 4.39 Å². The maximum absolute atomic E-state index is 13.2. The number of benzene rings is 1. The first-order valence-corrected chi connectivity index (χ1v) is 6.33. The van der Waals surface area contributed by atoms with E-state index in [0.717, 1.165) is 5.56 Å². The number of hydrogen-bond acceptors (Lipinski definition) is 3. The van der Waals surface area contributed by atoms with E-state index in [1.165, 1.54) is 6.07 Å². The van der Waals surface area contributed by atoms with Gasteiger partial charge in [0.15, 0.2) is 0 Å². The minimum atomic E-state index is -0.333. The van der Waals surface area contributed by atoms with Crippen molar-refractivity contribution in [3.8, 4) is 0 Å². The number of ether oxygens (including phenoxy) is 1. The van der Waals surface area contributed by atoms with Gasteiger partial charge in [0, 0.05) is 20.2 Å². The van der Waals surface area contributed by atoms with E-state index in [0.29, 0.717) is 24.2 Å². The van der Waals surface area contributed by atoms with Crippen LogP contribution in [0.2, 0.25) is 0 Å². The summed E-state index contributed by atoms with van der Waals surface area (Å²) >= 11 is 3.07. The minimum Gasteiger partial charge on any atom is -0.383 e. The van der Waals surface area contributed by atoms with Crippen LogP contribution in [0.25, 0.3) is 0 Å². The molecule has 0 aliphatic carbocycles. The Hall–Kier alpha value is -0.980. The number of halogens is 2. The number of amides is 1. The second-order valence-corrected chi connectivity index (χ2v) is 4.55. The molecule has 0 fully saturated rings. The van der Waals surface area contributed by atoms with Crippen LogP contribution in [-0.4, -0.2) is 32.7 Å². The summed E-state index contributed by atoms with van der Waals surface area (Å²) in [7, 11) is 1.60. The van der Waals surface area contributed by atoms with Crippen molar-refractivity contribution >= 4 is 21.8 Å². The molecule has 0 bridgehead atoms. The van der Waals surface area contributed by atoms with E-state index >= 15 is 0 Å². The average Bonchev–Trinajstić information content (AvgIpc) is 2.36. The molecule has 1 aromatic rings. The van der Waals surface area contributed by atoms with Crippen molar-refractivity contribution in [1.29, 1.82) is 0 Å². The van der Waals surface area contributed by atoms with Gasteiger partial charge in [0.2, 0.25) is 5.91 Å². The van der Waals surface area contributed by atoms with Crippen LogP contribution in [0.4, 0.5) is 4.39 Å². The molecule has 1 aromatic carbocycles. The van der Waals surface area contributed by atoms with Crippen molar-refractivity contribution in [2.24, 2.45) is 0 Å². The van der Waals surface area contributed by atoms with Gasteiger partial charge in [0.1, 0.15) is 5.82 Å². The van der Waals surface area contributed by atoms with Gasteiger partial charge >= 0.3 is 0 Å². The first-order chi connectivity index (χ1) is 8.63. The molecule has 4 nitrogen and oxygen atoms in total. The zero-order chi connectivity index (χ0) is 13.4. The second-order valence-electron chi connectivity index (χ2n) is 3.69. The van der Waals surface area contributed by atoms with Crippen LogP contribution >= 0.6 is 15.9 Å². The van der Waals surface area contributed by atoms with Gasteiger partial charge in [0.05, 0.1) is 17.6 Å². The topological polar surface area (TPSA) is 50.4 Å². The Kier molecular flexibility index (Phi) is 6.85. The Labute approximate surface area is 114 Å². The fourth-order valence-corrected chi connectivity index (χ4v) is 1.54. The predicted octanol–water partition coefficient (Wildman–Crippen LogP) is 1.44. The quantitative estimate of drug-likeness (QED) is 0.748. The summed E-state index contributed by atoms with van der Waals surface area (Å²) in [6.45, 7) is 1.72. The largest absolute Gasteiger partial charge is 0.383 e. The maximum atomic E-state index is 13.2. The van der Waals surface area contributed by atoms with E-state index in [2.05, 4.69) is 26.6 Å². The normalized spacial score (nSPS) is 10.4. The summed E-state index contributed by atoms with van der Waals surface area (Å²) < 4.78 is 18.5. The highest BCUT2D eigenvalue weighted by Crippen LogP contribution is 2.16. The zero-order valence-electron chi connectivity index (χ0n) is 10.1. The summed E-state index contributed by atoms with van der Waals surface area (Å²) in [4.78, 5) is 11.4. The molecule has 0 aliphatic rings. The lowest BCUT2D eigenvalue weighted by Crippen LogP contribution is -2.34. The fraction of sp³-hybridized carbons (Fsp3) is 0.417. The van der Waals surface area contributed by atoms with Crippen molar-refractivity contribution in [3.63, 3.8) is 0 Å². The lowest BCUT2D eigenvalue weighted by molar-refractivity contribution is -0.120. The Morgan fingerprint density at radius 2 is 2.28 bits per heavy atom. The Morgan fingerprint density at radius 3 is 2.94 bits per heavy atom. The van der Waals surface area contributed by atoms with Gasteiger partial charge in [-0.15, -0.1) is 0 Å². The number of carbonyl (C=O) groups is 1. The molecule has 2 N–H and O–H groups in total. The molecule has 0 atom stereocenters. The molecule has 0 saturated carbocycles.